The molecule has 3 heteroatoms. The van der Waals surface area contributed by atoms with Gasteiger partial charge in [-0.25, -0.2) is 0 Å². The monoisotopic (exact) mass is 332 g/mol. The predicted octanol–water partition coefficient (Wildman–Crippen LogP) is 5.63. The number of carbonyl (C=O) groups is 1. The van der Waals surface area contributed by atoms with Crippen molar-refractivity contribution in [2.24, 2.45) is 0 Å². The number of hydrogen-bond acceptors (Lipinski definition) is 3. The van der Waals surface area contributed by atoms with Gasteiger partial charge in [0.1, 0.15) is 11.9 Å². The Bertz CT molecular complexity index is 480. The van der Waals surface area contributed by atoms with E-state index >= 15 is 0 Å². The van der Waals surface area contributed by atoms with Crippen molar-refractivity contribution >= 4 is 5.97 Å². The molecule has 0 saturated heterocycles. The molecule has 1 saturated carbocycles. The van der Waals surface area contributed by atoms with Crippen molar-refractivity contribution < 1.29 is 14.3 Å². The minimum absolute atomic E-state index is 0.0248. The molecule has 1 aliphatic rings. The van der Waals surface area contributed by atoms with Crippen LogP contribution in [-0.2, 0) is 9.53 Å². The third-order valence-corrected chi connectivity index (χ3v) is 4.75. The summed E-state index contributed by atoms with van der Waals surface area (Å²) in [6.07, 6.45) is 9.23. The highest BCUT2D eigenvalue weighted by atomic mass is 16.5. The van der Waals surface area contributed by atoms with Crippen molar-refractivity contribution in [1.29, 1.82) is 0 Å². The standard InChI is InChI=1S/C21H32O3/c1-3-5-6-11-21(22)24-20-10-8-7-9-19(20)17-12-14-18(15-13-17)23-16-4-2/h12-15,19-20H,3-11,16H2,1-2H3/t19-,20+/m0/s1. The summed E-state index contributed by atoms with van der Waals surface area (Å²) in [5.74, 6) is 1.22. The molecule has 134 valence electrons. The fourth-order valence-electron chi connectivity index (χ4n) is 3.40. The third kappa shape index (κ3) is 5.85. The first-order valence-electron chi connectivity index (χ1n) is 9.66. The molecule has 0 N–H and O–H groups in total. The average Bonchev–Trinajstić information content (AvgIpc) is 2.61. The Morgan fingerprint density at radius 2 is 1.79 bits per heavy atom. The molecule has 0 radical (unpaired) electrons. The highest BCUT2D eigenvalue weighted by molar-refractivity contribution is 5.69. The lowest BCUT2D eigenvalue weighted by Crippen LogP contribution is -2.28. The van der Waals surface area contributed by atoms with Gasteiger partial charge in [-0.1, -0.05) is 45.2 Å². The van der Waals surface area contributed by atoms with Gasteiger partial charge in [-0.3, -0.25) is 4.79 Å². The molecule has 0 amide bonds. The number of unbranched alkanes of at least 4 members (excludes halogenated alkanes) is 2. The number of ether oxygens (including phenoxy) is 2. The van der Waals surface area contributed by atoms with E-state index in [0.717, 1.165) is 57.3 Å². The van der Waals surface area contributed by atoms with Crippen molar-refractivity contribution in [2.45, 2.75) is 83.7 Å². The van der Waals surface area contributed by atoms with Crippen LogP contribution in [0.15, 0.2) is 24.3 Å². The van der Waals surface area contributed by atoms with Crippen molar-refractivity contribution in [1.82, 2.24) is 0 Å². The summed E-state index contributed by atoms with van der Waals surface area (Å²) in [6.45, 7) is 5.01. The second-order valence-corrected chi connectivity index (χ2v) is 6.79. The molecule has 24 heavy (non-hydrogen) atoms. The van der Waals surface area contributed by atoms with E-state index in [2.05, 4.69) is 26.0 Å². The topological polar surface area (TPSA) is 35.5 Å². The molecule has 1 aromatic carbocycles. The first-order chi connectivity index (χ1) is 11.7. The van der Waals surface area contributed by atoms with Crippen LogP contribution in [0.2, 0.25) is 0 Å². The largest absolute Gasteiger partial charge is 0.494 e. The van der Waals surface area contributed by atoms with Gasteiger partial charge >= 0.3 is 5.97 Å². The van der Waals surface area contributed by atoms with E-state index in [-0.39, 0.29) is 12.1 Å². The molecule has 0 aromatic heterocycles. The van der Waals surface area contributed by atoms with Gasteiger partial charge in [-0.2, -0.15) is 0 Å². The third-order valence-electron chi connectivity index (χ3n) is 4.75. The zero-order valence-corrected chi connectivity index (χ0v) is 15.3. The number of rotatable bonds is 9. The summed E-state index contributed by atoms with van der Waals surface area (Å²) in [5, 5.41) is 0. The zero-order chi connectivity index (χ0) is 17.2. The second-order valence-electron chi connectivity index (χ2n) is 6.79. The minimum atomic E-state index is -0.0248. The summed E-state index contributed by atoms with van der Waals surface area (Å²) < 4.78 is 11.5. The predicted molar refractivity (Wildman–Crippen MR) is 97.5 cm³/mol. The molecular formula is C21H32O3. The SMILES string of the molecule is CCCCCC(=O)O[C@@H]1CCCC[C@H]1c1ccc(OCCC)cc1. The first kappa shape index (κ1) is 18.8. The maximum absolute atomic E-state index is 12.1. The fourth-order valence-corrected chi connectivity index (χ4v) is 3.40. The molecule has 0 unspecified atom stereocenters. The maximum Gasteiger partial charge on any atom is 0.306 e. The number of esters is 1. The van der Waals surface area contributed by atoms with Crippen molar-refractivity contribution in [3.63, 3.8) is 0 Å². The first-order valence-corrected chi connectivity index (χ1v) is 9.66. The van der Waals surface area contributed by atoms with E-state index in [1.165, 1.54) is 12.0 Å². The van der Waals surface area contributed by atoms with Crippen molar-refractivity contribution in [3.05, 3.63) is 29.8 Å². The molecule has 0 spiro atoms. The number of carbonyl (C=O) groups excluding carboxylic acids is 1. The Morgan fingerprint density at radius 1 is 1.04 bits per heavy atom. The zero-order valence-electron chi connectivity index (χ0n) is 15.3. The van der Waals surface area contributed by atoms with Crippen LogP contribution in [0.4, 0.5) is 0 Å². The van der Waals surface area contributed by atoms with Crippen molar-refractivity contribution in [3.8, 4) is 5.75 Å². The fraction of sp³-hybridized carbons (Fsp3) is 0.667. The molecule has 0 bridgehead atoms. The summed E-state index contributed by atoms with van der Waals surface area (Å²) in [5.41, 5.74) is 1.27. The molecule has 2 atom stereocenters. The minimum Gasteiger partial charge on any atom is -0.494 e. The van der Waals surface area contributed by atoms with Gasteiger partial charge in [0.15, 0.2) is 0 Å². The highest BCUT2D eigenvalue weighted by Crippen LogP contribution is 2.36. The van der Waals surface area contributed by atoms with Gasteiger partial charge < -0.3 is 9.47 Å². The molecule has 1 aromatic rings. The summed E-state index contributed by atoms with van der Waals surface area (Å²) >= 11 is 0. The molecular weight excluding hydrogens is 300 g/mol. The molecule has 2 rings (SSSR count). The van der Waals surface area contributed by atoms with Gasteiger partial charge in [-0.05, 0) is 49.8 Å². The summed E-state index contributed by atoms with van der Waals surface area (Å²) in [7, 11) is 0. The molecule has 0 heterocycles. The number of benzene rings is 1. The van der Waals surface area contributed by atoms with E-state index < -0.39 is 0 Å². The van der Waals surface area contributed by atoms with Crippen LogP contribution >= 0.6 is 0 Å². The molecule has 0 aliphatic heterocycles. The average molecular weight is 332 g/mol. The molecule has 3 nitrogen and oxygen atoms in total. The normalized spacial score (nSPS) is 20.6. The molecule has 1 aliphatic carbocycles. The van der Waals surface area contributed by atoms with Crippen LogP contribution in [0.1, 0.15) is 83.1 Å². The Kier molecular flexibility index (Phi) is 8.14. The van der Waals surface area contributed by atoms with E-state index in [1.54, 1.807) is 0 Å². The Balaban J connectivity index is 1.94. The van der Waals surface area contributed by atoms with Crippen molar-refractivity contribution in [2.75, 3.05) is 6.61 Å². The van der Waals surface area contributed by atoms with Gasteiger partial charge in [0.05, 0.1) is 6.61 Å². The lowest BCUT2D eigenvalue weighted by Gasteiger charge is -2.31. The van der Waals surface area contributed by atoms with Crippen LogP contribution in [0.25, 0.3) is 0 Å². The lowest BCUT2D eigenvalue weighted by molar-refractivity contribution is -0.151. The van der Waals surface area contributed by atoms with E-state index in [4.69, 9.17) is 9.47 Å². The Morgan fingerprint density at radius 3 is 2.50 bits per heavy atom. The van der Waals surface area contributed by atoms with Crippen LogP contribution in [-0.4, -0.2) is 18.7 Å². The second kappa shape index (κ2) is 10.4. The van der Waals surface area contributed by atoms with Crippen LogP contribution in [0, 0.1) is 0 Å². The van der Waals surface area contributed by atoms with Crippen LogP contribution < -0.4 is 4.74 Å². The lowest BCUT2D eigenvalue weighted by atomic mass is 9.81. The quantitative estimate of drug-likeness (QED) is 0.434. The van der Waals surface area contributed by atoms with Gasteiger partial charge in [0.2, 0.25) is 0 Å². The van der Waals surface area contributed by atoms with Gasteiger partial charge in [0, 0.05) is 12.3 Å². The van der Waals surface area contributed by atoms with E-state index in [1.807, 2.05) is 12.1 Å². The van der Waals surface area contributed by atoms with Crippen LogP contribution in [0.3, 0.4) is 0 Å². The smallest absolute Gasteiger partial charge is 0.306 e. The van der Waals surface area contributed by atoms with E-state index in [0.29, 0.717) is 12.3 Å². The van der Waals surface area contributed by atoms with Crippen LogP contribution in [0.5, 0.6) is 5.75 Å². The van der Waals surface area contributed by atoms with Gasteiger partial charge in [-0.15, -0.1) is 0 Å². The Hall–Kier alpha value is -1.51. The number of hydrogen-bond donors (Lipinski definition) is 0. The Labute approximate surface area is 146 Å². The van der Waals surface area contributed by atoms with Gasteiger partial charge in [0.25, 0.3) is 0 Å². The van der Waals surface area contributed by atoms with E-state index in [9.17, 15) is 4.79 Å². The molecule has 1 fully saturated rings. The maximum atomic E-state index is 12.1. The summed E-state index contributed by atoms with van der Waals surface area (Å²) in [6, 6.07) is 8.36. The summed E-state index contributed by atoms with van der Waals surface area (Å²) in [4.78, 5) is 12.1. The highest BCUT2D eigenvalue weighted by Gasteiger charge is 2.29.